The monoisotopic (exact) mass is 307 g/mol. The number of hydrogen-bond donors (Lipinski definition) is 1. The predicted molar refractivity (Wildman–Crippen MR) is 73.3 cm³/mol. The fourth-order valence-corrected chi connectivity index (χ4v) is 2.02. The molecule has 5 heteroatoms. The highest BCUT2D eigenvalue weighted by atomic mass is 79.9. The number of nitrogens with zero attached hydrogens (tertiary/aromatic N) is 2. The molecule has 0 aliphatic carbocycles. The Morgan fingerprint density at radius 3 is 2.83 bits per heavy atom. The Bertz CT molecular complexity index is 577. The third-order valence-corrected chi connectivity index (χ3v) is 3.31. The molecule has 0 spiro atoms. The van der Waals surface area contributed by atoms with Crippen molar-refractivity contribution < 1.29 is 4.79 Å². The first kappa shape index (κ1) is 12.8. The normalized spacial score (nSPS) is 10.4. The Morgan fingerprint density at radius 1 is 1.44 bits per heavy atom. The van der Waals surface area contributed by atoms with Crippen molar-refractivity contribution in [1.29, 1.82) is 0 Å². The number of pyridine rings is 1. The van der Waals surface area contributed by atoms with Gasteiger partial charge >= 0.3 is 0 Å². The third kappa shape index (κ3) is 2.79. The minimum atomic E-state index is -0.123. The van der Waals surface area contributed by atoms with E-state index in [1.165, 1.54) is 5.69 Å². The molecule has 94 valence electrons. The van der Waals surface area contributed by atoms with Crippen LogP contribution in [0, 0.1) is 6.92 Å². The summed E-state index contributed by atoms with van der Waals surface area (Å²) in [5, 5.41) is 2.88. The van der Waals surface area contributed by atoms with Gasteiger partial charge in [0.15, 0.2) is 0 Å². The number of hydrogen-bond acceptors (Lipinski definition) is 2. The first-order chi connectivity index (χ1) is 8.58. The largest absolute Gasteiger partial charge is 0.350 e. The molecule has 0 atom stereocenters. The van der Waals surface area contributed by atoms with Crippen LogP contribution in [-0.2, 0) is 13.6 Å². The zero-order valence-corrected chi connectivity index (χ0v) is 11.9. The predicted octanol–water partition coefficient (Wildman–Crippen LogP) is 2.42. The molecule has 2 aromatic heterocycles. The van der Waals surface area contributed by atoms with E-state index in [1.54, 1.807) is 18.5 Å². The number of carbonyl (C=O) groups excluding carboxylic acids is 1. The zero-order valence-electron chi connectivity index (χ0n) is 10.3. The van der Waals surface area contributed by atoms with Gasteiger partial charge in [0.05, 0.1) is 12.1 Å². The molecule has 18 heavy (non-hydrogen) atoms. The minimum Gasteiger partial charge on any atom is -0.350 e. The molecular weight excluding hydrogens is 294 g/mol. The summed E-state index contributed by atoms with van der Waals surface area (Å²) in [6, 6.07) is 5.79. The topological polar surface area (TPSA) is 46.9 Å². The Balaban J connectivity index is 2.03. The lowest BCUT2D eigenvalue weighted by molar-refractivity contribution is 0.0949. The molecule has 0 fully saturated rings. The number of rotatable bonds is 3. The van der Waals surface area contributed by atoms with E-state index in [1.807, 2.05) is 26.1 Å². The maximum absolute atomic E-state index is 11.9. The molecule has 2 rings (SSSR count). The Labute approximate surface area is 114 Å². The van der Waals surface area contributed by atoms with E-state index in [0.29, 0.717) is 12.1 Å². The van der Waals surface area contributed by atoms with E-state index in [9.17, 15) is 4.79 Å². The van der Waals surface area contributed by atoms with Crippen LogP contribution in [0.25, 0.3) is 0 Å². The fourth-order valence-electron chi connectivity index (χ4n) is 1.65. The molecule has 0 radical (unpaired) electrons. The second kappa shape index (κ2) is 5.35. The second-order valence-corrected chi connectivity index (χ2v) is 5.02. The van der Waals surface area contributed by atoms with E-state index >= 15 is 0 Å². The SMILES string of the molecule is Cc1ccc(CNC(=O)c2cncc(Br)c2)n1C. The van der Waals surface area contributed by atoms with Gasteiger partial charge in [0.1, 0.15) is 0 Å². The Kier molecular flexibility index (Phi) is 3.81. The summed E-state index contributed by atoms with van der Waals surface area (Å²) < 4.78 is 2.85. The van der Waals surface area contributed by atoms with Gasteiger partial charge in [-0.05, 0) is 41.1 Å². The molecule has 0 saturated carbocycles. The zero-order chi connectivity index (χ0) is 13.1. The van der Waals surface area contributed by atoms with Crippen molar-refractivity contribution in [2.45, 2.75) is 13.5 Å². The average Bonchev–Trinajstić information content (AvgIpc) is 2.67. The maximum atomic E-state index is 11.9. The second-order valence-electron chi connectivity index (χ2n) is 4.10. The standard InChI is InChI=1S/C13H14BrN3O/c1-9-3-4-12(17(9)2)8-16-13(18)10-5-11(14)7-15-6-10/h3-7H,8H2,1-2H3,(H,16,18). The van der Waals surface area contributed by atoms with Crippen LogP contribution in [0.2, 0.25) is 0 Å². The molecule has 4 nitrogen and oxygen atoms in total. The molecule has 0 bridgehead atoms. The van der Waals surface area contributed by atoms with Gasteiger partial charge in [-0.15, -0.1) is 0 Å². The average molecular weight is 308 g/mol. The van der Waals surface area contributed by atoms with E-state index in [0.717, 1.165) is 10.2 Å². The quantitative estimate of drug-likeness (QED) is 0.946. The van der Waals surface area contributed by atoms with Crippen LogP contribution < -0.4 is 5.32 Å². The summed E-state index contributed by atoms with van der Waals surface area (Å²) >= 11 is 3.29. The number of nitrogens with one attached hydrogen (secondary N) is 1. The highest BCUT2D eigenvalue weighted by Crippen LogP contribution is 2.10. The van der Waals surface area contributed by atoms with Gasteiger partial charge in [-0.1, -0.05) is 0 Å². The molecule has 1 amide bonds. The molecule has 2 heterocycles. The van der Waals surface area contributed by atoms with Gasteiger partial charge in [0.2, 0.25) is 0 Å². The summed E-state index contributed by atoms with van der Waals surface area (Å²) in [5.74, 6) is -0.123. The summed E-state index contributed by atoms with van der Waals surface area (Å²) in [7, 11) is 1.98. The number of amides is 1. The van der Waals surface area contributed by atoms with E-state index in [-0.39, 0.29) is 5.91 Å². The molecular formula is C13H14BrN3O. The molecule has 0 aliphatic heterocycles. The van der Waals surface area contributed by atoms with Gasteiger partial charge < -0.3 is 9.88 Å². The highest BCUT2D eigenvalue weighted by molar-refractivity contribution is 9.10. The van der Waals surface area contributed by atoms with Crippen molar-refractivity contribution in [3.05, 3.63) is 52.0 Å². The van der Waals surface area contributed by atoms with Crippen LogP contribution >= 0.6 is 15.9 Å². The van der Waals surface area contributed by atoms with Crippen molar-refractivity contribution in [3.63, 3.8) is 0 Å². The number of aromatic nitrogens is 2. The van der Waals surface area contributed by atoms with Crippen LogP contribution in [0.5, 0.6) is 0 Å². The van der Waals surface area contributed by atoms with Crippen molar-refractivity contribution in [3.8, 4) is 0 Å². The van der Waals surface area contributed by atoms with Crippen LogP contribution in [-0.4, -0.2) is 15.5 Å². The summed E-state index contributed by atoms with van der Waals surface area (Å²) in [6.45, 7) is 2.54. The number of halogens is 1. The van der Waals surface area contributed by atoms with Gasteiger partial charge in [-0.3, -0.25) is 9.78 Å². The highest BCUT2D eigenvalue weighted by Gasteiger charge is 2.07. The van der Waals surface area contributed by atoms with Gasteiger partial charge in [0.25, 0.3) is 5.91 Å². The summed E-state index contributed by atoms with van der Waals surface area (Å²) in [6.07, 6.45) is 3.20. The lowest BCUT2D eigenvalue weighted by atomic mass is 10.2. The Hall–Kier alpha value is -1.62. The van der Waals surface area contributed by atoms with Crippen LogP contribution in [0.1, 0.15) is 21.7 Å². The van der Waals surface area contributed by atoms with Crippen LogP contribution in [0.4, 0.5) is 0 Å². The Morgan fingerprint density at radius 2 is 2.22 bits per heavy atom. The molecule has 0 saturated heterocycles. The molecule has 1 N–H and O–H groups in total. The van der Waals surface area contributed by atoms with Gasteiger partial charge in [-0.2, -0.15) is 0 Å². The maximum Gasteiger partial charge on any atom is 0.253 e. The van der Waals surface area contributed by atoms with Crippen LogP contribution in [0.15, 0.2) is 35.1 Å². The number of aryl methyl sites for hydroxylation is 1. The van der Waals surface area contributed by atoms with Gasteiger partial charge in [-0.25, -0.2) is 0 Å². The van der Waals surface area contributed by atoms with E-state index < -0.39 is 0 Å². The molecule has 0 unspecified atom stereocenters. The first-order valence-corrected chi connectivity index (χ1v) is 6.37. The molecule has 2 aromatic rings. The fraction of sp³-hybridized carbons (Fsp3) is 0.231. The summed E-state index contributed by atoms with van der Waals surface area (Å²) in [4.78, 5) is 15.9. The summed E-state index contributed by atoms with van der Waals surface area (Å²) in [5.41, 5.74) is 2.79. The smallest absolute Gasteiger partial charge is 0.253 e. The van der Waals surface area contributed by atoms with E-state index in [4.69, 9.17) is 0 Å². The molecule has 0 aliphatic rings. The van der Waals surface area contributed by atoms with Crippen molar-refractivity contribution in [2.75, 3.05) is 0 Å². The van der Waals surface area contributed by atoms with Crippen LogP contribution in [0.3, 0.4) is 0 Å². The molecule has 0 aromatic carbocycles. The minimum absolute atomic E-state index is 0.123. The lowest BCUT2D eigenvalue weighted by Gasteiger charge is -2.07. The van der Waals surface area contributed by atoms with Crippen molar-refractivity contribution in [2.24, 2.45) is 7.05 Å². The lowest BCUT2D eigenvalue weighted by Crippen LogP contribution is -2.24. The third-order valence-electron chi connectivity index (χ3n) is 2.87. The van der Waals surface area contributed by atoms with Crippen molar-refractivity contribution >= 4 is 21.8 Å². The van der Waals surface area contributed by atoms with E-state index in [2.05, 4.69) is 30.8 Å². The van der Waals surface area contributed by atoms with Gasteiger partial charge in [0, 0.05) is 35.3 Å². The first-order valence-electron chi connectivity index (χ1n) is 5.58. The van der Waals surface area contributed by atoms with Crippen molar-refractivity contribution in [1.82, 2.24) is 14.9 Å². The number of carbonyl (C=O) groups is 1.